The molecular formula is C10H17ClFNO2. The predicted octanol–water partition coefficient (Wildman–Crippen LogP) is 1.45. The summed E-state index contributed by atoms with van der Waals surface area (Å²) >= 11 is 0. The van der Waals surface area contributed by atoms with E-state index in [1.807, 2.05) is 0 Å². The van der Waals surface area contributed by atoms with Crippen LogP contribution in [0.3, 0.4) is 0 Å². The Kier molecular flexibility index (Phi) is 3.61. The minimum Gasteiger partial charge on any atom is -0.465 e. The lowest BCUT2D eigenvalue weighted by molar-refractivity contribution is -0.160. The van der Waals surface area contributed by atoms with Crippen LogP contribution < -0.4 is 5.32 Å². The van der Waals surface area contributed by atoms with Crippen molar-refractivity contribution in [1.29, 1.82) is 0 Å². The third-order valence-electron chi connectivity index (χ3n) is 3.53. The molecule has 88 valence electrons. The van der Waals surface area contributed by atoms with E-state index in [1.165, 1.54) is 0 Å². The van der Waals surface area contributed by atoms with Crippen molar-refractivity contribution >= 4 is 18.4 Å². The SMILES string of the molecule is CCOC(=O)[C@]12CCC[C@@]1(F)CNC2.Cl. The number of alkyl halides is 1. The first-order valence-electron chi connectivity index (χ1n) is 5.21. The van der Waals surface area contributed by atoms with E-state index >= 15 is 0 Å². The normalized spacial score (nSPS) is 38.3. The minimum absolute atomic E-state index is 0. The van der Waals surface area contributed by atoms with Gasteiger partial charge in [-0.05, 0) is 26.2 Å². The molecule has 2 atom stereocenters. The summed E-state index contributed by atoms with van der Waals surface area (Å²) in [4.78, 5) is 11.8. The molecule has 0 spiro atoms. The average Bonchev–Trinajstić information content (AvgIpc) is 2.58. The summed E-state index contributed by atoms with van der Waals surface area (Å²) in [5.41, 5.74) is -2.25. The van der Waals surface area contributed by atoms with Crippen LogP contribution >= 0.6 is 12.4 Å². The number of carbonyl (C=O) groups excluding carboxylic acids is 1. The van der Waals surface area contributed by atoms with E-state index in [0.29, 0.717) is 32.5 Å². The second-order valence-electron chi connectivity index (χ2n) is 4.22. The van der Waals surface area contributed by atoms with E-state index in [1.54, 1.807) is 6.92 Å². The molecule has 3 nitrogen and oxygen atoms in total. The van der Waals surface area contributed by atoms with Crippen molar-refractivity contribution in [1.82, 2.24) is 5.32 Å². The van der Waals surface area contributed by atoms with Crippen molar-refractivity contribution in [2.45, 2.75) is 31.9 Å². The predicted molar refractivity (Wildman–Crippen MR) is 56.9 cm³/mol. The first-order chi connectivity index (χ1) is 6.65. The fourth-order valence-electron chi connectivity index (χ4n) is 2.74. The maximum absolute atomic E-state index is 14.4. The fraction of sp³-hybridized carbons (Fsp3) is 0.900. The van der Waals surface area contributed by atoms with Gasteiger partial charge >= 0.3 is 5.97 Å². The van der Waals surface area contributed by atoms with Crippen LogP contribution in [-0.2, 0) is 9.53 Å². The molecule has 1 aliphatic carbocycles. The molecule has 1 heterocycles. The molecule has 2 fully saturated rings. The van der Waals surface area contributed by atoms with Crippen LogP contribution in [0.5, 0.6) is 0 Å². The van der Waals surface area contributed by atoms with E-state index < -0.39 is 11.1 Å². The Labute approximate surface area is 95.2 Å². The number of fused-ring (bicyclic) bond motifs is 1. The Morgan fingerprint density at radius 1 is 1.47 bits per heavy atom. The molecule has 0 aromatic heterocycles. The van der Waals surface area contributed by atoms with Gasteiger partial charge < -0.3 is 10.1 Å². The van der Waals surface area contributed by atoms with Gasteiger partial charge in [-0.1, -0.05) is 0 Å². The summed E-state index contributed by atoms with van der Waals surface area (Å²) in [5.74, 6) is -0.356. The summed E-state index contributed by atoms with van der Waals surface area (Å²) in [6, 6.07) is 0. The van der Waals surface area contributed by atoms with Crippen LogP contribution in [0.4, 0.5) is 4.39 Å². The highest BCUT2D eigenvalue weighted by Gasteiger charge is 2.64. The fourth-order valence-corrected chi connectivity index (χ4v) is 2.74. The van der Waals surface area contributed by atoms with Crippen LogP contribution in [0, 0.1) is 5.41 Å². The van der Waals surface area contributed by atoms with Crippen molar-refractivity contribution in [3.05, 3.63) is 0 Å². The molecule has 1 saturated carbocycles. The highest BCUT2D eigenvalue weighted by atomic mass is 35.5. The third-order valence-corrected chi connectivity index (χ3v) is 3.53. The molecule has 5 heteroatoms. The number of ether oxygens (including phenoxy) is 1. The molecule has 1 aliphatic heterocycles. The second kappa shape index (κ2) is 4.26. The summed E-state index contributed by atoms with van der Waals surface area (Å²) in [6.45, 7) is 2.82. The highest BCUT2D eigenvalue weighted by Crippen LogP contribution is 2.52. The Bertz CT molecular complexity index is 250. The van der Waals surface area contributed by atoms with E-state index in [9.17, 15) is 9.18 Å². The molecule has 2 aliphatic rings. The molecule has 0 amide bonds. The van der Waals surface area contributed by atoms with Crippen LogP contribution in [-0.4, -0.2) is 31.3 Å². The van der Waals surface area contributed by atoms with Crippen molar-refractivity contribution in [3.63, 3.8) is 0 Å². The van der Waals surface area contributed by atoms with Crippen LogP contribution in [0.15, 0.2) is 0 Å². The number of halogens is 2. The summed E-state index contributed by atoms with van der Waals surface area (Å²) in [7, 11) is 0. The minimum atomic E-state index is -1.36. The van der Waals surface area contributed by atoms with Gasteiger partial charge in [-0.2, -0.15) is 0 Å². The molecule has 0 radical (unpaired) electrons. The zero-order valence-corrected chi connectivity index (χ0v) is 9.66. The van der Waals surface area contributed by atoms with Crippen LogP contribution in [0.1, 0.15) is 26.2 Å². The number of hydrogen-bond acceptors (Lipinski definition) is 3. The Balaban J connectivity index is 0.00000112. The first-order valence-corrected chi connectivity index (χ1v) is 5.21. The maximum atomic E-state index is 14.4. The van der Waals surface area contributed by atoms with E-state index in [-0.39, 0.29) is 18.4 Å². The maximum Gasteiger partial charge on any atom is 0.316 e. The van der Waals surface area contributed by atoms with Crippen molar-refractivity contribution in [2.75, 3.05) is 19.7 Å². The molecule has 1 saturated heterocycles. The standard InChI is InChI=1S/C10H16FNO2.ClH/c1-2-14-8(13)9-4-3-5-10(9,11)7-12-6-9;/h12H,2-7H2,1H3;1H/t9-,10-;/m1./s1. The largest absolute Gasteiger partial charge is 0.465 e. The van der Waals surface area contributed by atoms with Gasteiger partial charge in [0.2, 0.25) is 0 Å². The van der Waals surface area contributed by atoms with Gasteiger partial charge in [-0.25, -0.2) is 4.39 Å². The summed E-state index contributed by atoms with van der Waals surface area (Å²) < 4.78 is 19.3. The monoisotopic (exact) mass is 237 g/mol. The lowest BCUT2D eigenvalue weighted by atomic mass is 9.78. The number of nitrogens with one attached hydrogen (secondary N) is 1. The number of carbonyl (C=O) groups is 1. The van der Waals surface area contributed by atoms with Gasteiger partial charge in [0, 0.05) is 13.1 Å². The molecule has 15 heavy (non-hydrogen) atoms. The zero-order valence-electron chi connectivity index (χ0n) is 8.85. The lowest BCUT2D eigenvalue weighted by Gasteiger charge is -2.30. The number of rotatable bonds is 2. The van der Waals surface area contributed by atoms with E-state index in [2.05, 4.69) is 5.32 Å². The second-order valence-corrected chi connectivity index (χ2v) is 4.22. The van der Waals surface area contributed by atoms with Gasteiger partial charge in [-0.3, -0.25) is 4.79 Å². The molecule has 2 rings (SSSR count). The van der Waals surface area contributed by atoms with Crippen molar-refractivity contribution in [3.8, 4) is 0 Å². The molecule has 0 aromatic carbocycles. The molecule has 1 N–H and O–H groups in total. The van der Waals surface area contributed by atoms with Gasteiger partial charge in [0.05, 0.1) is 6.61 Å². The summed E-state index contributed by atoms with van der Waals surface area (Å²) in [6.07, 6.45) is 1.89. The lowest BCUT2D eigenvalue weighted by Crippen LogP contribution is -2.46. The van der Waals surface area contributed by atoms with Gasteiger partial charge in [0.15, 0.2) is 0 Å². The molecular weight excluding hydrogens is 221 g/mol. The zero-order chi connectivity index (χ0) is 10.2. The topological polar surface area (TPSA) is 38.3 Å². The van der Waals surface area contributed by atoms with Crippen LogP contribution in [0.2, 0.25) is 0 Å². The molecule has 0 bridgehead atoms. The van der Waals surface area contributed by atoms with Gasteiger partial charge in [0.25, 0.3) is 0 Å². The summed E-state index contributed by atoms with van der Waals surface area (Å²) in [5, 5.41) is 2.97. The molecule has 0 aromatic rings. The van der Waals surface area contributed by atoms with Gasteiger partial charge in [-0.15, -0.1) is 12.4 Å². The Morgan fingerprint density at radius 2 is 2.20 bits per heavy atom. The smallest absolute Gasteiger partial charge is 0.316 e. The first kappa shape index (κ1) is 12.7. The molecule has 0 unspecified atom stereocenters. The average molecular weight is 238 g/mol. The third kappa shape index (κ3) is 1.64. The van der Waals surface area contributed by atoms with E-state index in [0.717, 1.165) is 6.42 Å². The number of esters is 1. The Morgan fingerprint density at radius 3 is 2.87 bits per heavy atom. The van der Waals surface area contributed by atoms with Crippen molar-refractivity contribution < 1.29 is 13.9 Å². The van der Waals surface area contributed by atoms with Crippen molar-refractivity contribution in [2.24, 2.45) is 5.41 Å². The van der Waals surface area contributed by atoms with Gasteiger partial charge in [0.1, 0.15) is 11.1 Å². The van der Waals surface area contributed by atoms with E-state index in [4.69, 9.17) is 4.74 Å². The van der Waals surface area contributed by atoms with Crippen LogP contribution in [0.25, 0.3) is 0 Å². The highest BCUT2D eigenvalue weighted by molar-refractivity contribution is 5.85. The quantitative estimate of drug-likeness (QED) is 0.739. The number of hydrogen-bond donors (Lipinski definition) is 1. The Hall–Kier alpha value is -0.350.